The van der Waals surface area contributed by atoms with Crippen LogP contribution in [0.15, 0.2) is 30.5 Å². The summed E-state index contributed by atoms with van der Waals surface area (Å²) in [5, 5.41) is 13.1. The molecule has 0 aliphatic heterocycles. The Hall–Kier alpha value is -2.01. The number of hydrogen-bond acceptors (Lipinski definition) is 2. The summed E-state index contributed by atoms with van der Waals surface area (Å²) in [5.74, 6) is -0.787. The van der Waals surface area contributed by atoms with Crippen molar-refractivity contribution < 1.29 is 14.7 Å². The van der Waals surface area contributed by atoms with Crippen LogP contribution in [-0.4, -0.2) is 28.1 Å². The van der Waals surface area contributed by atoms with E-state index in [1.807, 2.05) is 35.0 Å². The minimum absolute atomic E-state index is 0.0342. The molecule has 0 saturated heterocycles. The topological polar surface area (TPSA) is 71.3 Å². The molecular weight excluding hydrogens is 316 g/mol. The lowest BCUT2D eigenvalue weighted by Gasteiger charge is -2.07. The molecule has 5 nitrogen and oxygen atoms in total. The molecule has 0 radical (unpaired) electrons. The predicted molar refractivity (Wildman–Crippen MR) is 90.7 cm³/mol. The van der Waals surface area contributed by atoms with Gasteiger partial charge in [-0.25, -0.2) is 0 Å². The minimum atomic E-state index is -0.752. The molecule has 2 N–H and O–H groups in total. The Kier molecular flexibility index (Phi) is 6.47. The highest BCUT2D eigenvalue weighted by molar-refractivity contribution is 6.31. The molecule has 0 aliphatic rings. The van der Waals surface area contributed by atoms with Crippen LogP contribution in [0.1, 0.15) is 32.1 Å². The van der Waals surface area contributed by atoms with Crippen LogP contribution in [0.25, 0.3) is 10.9 Å². The van der Waals surface area contributed by atoms with E-state index in [4.69, 9.17) is 16.7 Å². The first kappa shape index (κ1) is 17.3. The maximum atomic E-state index is 12.0. The lowest BCUT2D eigenvalue weighted by atomic mass is 10.1. The fourth-order valence-corrected chi connectivity index (χ4v) is 2.65. The average molecular weight is 337 g/mol. The van der Waals surface area contributed by atoms with Crippen molar-refractivity contribution >= 4 is 34.4 Å². The van der Waals surface area contributed by atoms with Crippen molar-refractivity contribution in [2.45, 2.75) is 38.6 Å². The van der Waals surface area contributed by atoms with Gasteiger partial charge < -0.3 is 15.0 Å². The average Bonchev–Trinajstić information content (AvgIpc) is 2.88. The molecule has 1 amide bonds. The molecule has 6 heteroatoms. The number of aliphatic carboxylic acids is 1. The van der Waals surface area contributed by atoms with E-state index in [1.54, 1.807) is 0 Å². The number of halogens is 1. The van der Waals surface area contributed by atoms with Gasteiger partial charge in [-0.1, -0.05) is 30.5 Å². The monoisotopic (exact) mass is 336 g/mol. The molecule has 0 bridgehead atoms. The van der Waals surface area contributed by atoms with E-state index >= 15 is 0 Å². The summed E-state index contributed by atoms with van der Waals surface area (Å²) in [4.78, 5) is 22.4. The van der Waals surface area contributed by atoms with Crippen LogP contribution in [0.4, 0.5) is 0 Å². The Morgan fingerprint density at radius 2 is 1.91 bits per heavy atom. The van der Waals surface area contributed by atoms with E-state index in [0.717, 1.165) is 30.2 Å². The zero-order valence-electron chi connectivity index (χ0n) is 12.9. The van der Waals surface area contributed by atoms with Crippen molar-refractivity contribution in [2.75, 3.05) is 6.54 Å². The summed E-state index contributed by atoms with van der Waals surface area (Å²) in [6.07, 6.45) is 5.46. The van der Waals surface area contributed by atoms with Crippen molar-refractivity contribution in [3.63, 3.8) is 0 Å². The van der Waals surface area contributed by atoms with E-state index in [1.165, 1.54) is 0 Å². The van der Waals surface area contributed by atoms with Crippen LogP contribution in [0.5, 0.6) is 0 Å². The smallest absolute Gasteiger partial charge is 0.303 e. The van der Waals surface area contributed by atoms with Crippen LogP contribution in [0.3, 0.4) is 0 Å². The summed E-state index contributed by atoms with van der Waals surface area (Å²) >= 11 is 6.00. The normalized spacial score (nSPS) is 10.8. The molecule has 1 aromatic carbocycles. The highest BCUT2D eigenvalue weighted by Crippen LogP contribution is 2.20. The fraction of sp³-hybridized carbons (Fsp3) is 0.412. The number of carboxylic acids is 1. The molecule has 23 heavy (non-hydrogen) atoms. The van der Waals surface area contributed by atoms with Gasteiger partial charge in [0.25, 0.3) is 0 Å². The maximum Gasteiger partial charge on any atom is 0.303 e. The van der Waals surface area contributed by atoms with Gasteiger partial charge in [-0.15, -0.1) is 0 Å². The van der Waals surface area contributed by atoms with Gasteiger partial charge in [-0.05, 0) is 36.4 Å². The van der Waals surface area contributed by atoms with E-state index in [9.17, 15) is 9.59 Å². The number of fused-ring (bicyclic) bond motifs is 1. The van der Waals surface area contributed by atoms with E-state index in [-0.39, 0.29) is 18.9 Å². The number of unbranched alkanes of at least 4 members (excludes halogenated alkanes) is 3. The van der Waals surface area contributed by atoms with Crippen LogP contribution < -0.4 is 5.32 Å². The fourth-order valence-electron chi connectivity index (χ4n) is 2.49. The van der Waals surface area contributed by atoms with Crippen molar-refractivity contribution in [3.05, 3.63) is 35.5 Å². The molecule has 0 unspecified atom stereocenters. The molecule has 124 valence electrons. The predicted octanol–water partition coefficient (Wildman–Crippen LogP) is 3.45. The summed E-state index contributed by atoms with van der Waals surface area (Å²) in [6, 6.07) is 7.58. The van der Waals surface area contributed by atoms with Gasteiger partial charge in [0.15, 0.2) is 0 Å². The molecule has 0 atom stereocenters. The number of carbonyl (C=O) groups excluding carboxylic acids is 1. The Labute approximate surface area is 140 Å². The zero-order valence-corrected chi connectivity index (χ0v) is 13.7. The van der Waals surface area contributed by atoms with Gasteiger partial charge in [0, 0.05) is 29.7 Å². The molecule has 2 aromatic rings. The standard InChI is InChI=1S/C17H21ClN2O3/c18-14-7-6-13-8-10-20(15(13)11-14)12-16(21)19-9-4-2-1-3-5-17(22)23/h6-8,10-11H,1-5,9,12H2,(H,19,21)(H,22,23). The van der Waals surface area contributed by atoms with Crippen LogP contribution in [-0.2, 0) is 16.1 Å². The summed E-state index contributed by atoms with van der Waals surface area (Å²) in [6.45, 7) is 0.884. The molecule has 0 saturated carbocycles. The highest BCUT2D eigenvalue weighted by atomic mass is 35.5. The Balaban J connectivity index is 1.70. The number of carboxylic acid groups (broad SMARTS) is 1. The lowest BCUT2D eigenvalue weighted by Crippen LogP contribution is -2.28. The van der Waals surface area contributed by atoms with Crippen LogP contribution >= 0.6 is 11.6 Å². The highest BCUT2D eigenvalue weighted by Gasteiger charge is 2.06. The minimum Gasteiger partial charge on any atom is -0.481 e. The maximum absolute atomic E-state index is 12.0. The largest absolute Gasteiger partial charge is 0.481 e. The van der Waals surface area contributed by atoms with Crippen molar-refractivity contribution in [1.82, 2.24) is 9.88 Å². The Bertz CT molecular complexity index is 682. The first-order valence-corrected chi connectivity index (χ1v) is 8.17. The second kappa shape index (κ2) is 8.58. The Morgan fingerprint density at radius 3 is 2.70 bits per heavy atom. The number of rotatable bonds is 9. The second-order valence-electron chi connectivity index (χ2n) is 5.55. The third-order valence-corrected chi connectivity index (χ3v) is 3.92. The summed E-state index contributed by atoms with van der Waals surface area (Å²) < 4.78 is 1.88. The van der Waals surface area contributed by atoms with Crippen LogP contribution in [0.2, 0.25) is 5.02 Å². The number of nitrogens with one attached hydrogen (secondary N) is 1. The molecule has 0 spiro atoms. The molecule has 2 rings (SSSR count). The van der Waals surface area contributed by atoms with Crippen LogP contribution in [0, 0.1) is 0 Å². The van der Waals surface area contributed by atoms with Gasteiger partial charge >= 0.3 is 5.97 Å². The summed E-state index contributed by atoms with van der Waals surface area (Å²) in [7, 11) is 0. The molecule has 0 aliphatic carbocycles. The number of amides is 1. The lowest BCUT2D eigenvalue weighted by molar-refractivity contribution is -0.137. The second-order valence-corrected chi connectivity index (χ2v) is 5.99. The van der Waals surface area contributed by atoms with Crippen molar-refractivity contribution in [2.24, 2.45) is 0 Å². The van der Waals surface area contributed by atoms with Gasteiger partial charge in [0.2, 0.25) is 5.91 Å². The Morgan fingerprint density at radius 1 is 1.13 bits per heavy atom. The van der Waals surface area contributed by atoms with E-state index in [0.29, 0.717) is 18.0 Å². The number of benzene rings is 1. The van der Waals surface area contributed by atoms with Gasteiger partial charge in [-0.3, -0.25) is 9.59 Å². The van der Waals surface area contributed by atoms with E-state index < -0.39 is 5.97 Å². The number of aromatic nitrogens is 1. The number of nitrogens with zero attached hydrogens (tertiary/aromatic N) is 1. The summed E-state index contributed by atoms with van der Waals surface area (Å²) in [5.41, 5.74) is 0.946. The van der Waals surface area contributed by atoms with Crippen molar-refractivity contribution in [1.29, 1.82) is 0 Å². The number of hydrogen-bond donors (Lipinski definition) is 2. The molecular formula is C17H21ClN2O3. The third-order valence-electron chi connectivity index (χ3n) is 3.69. The molecule has 1 aromatic heterocycles. The third kappa shape index (κ3) is 5.60. The molecule has 0 fully saturated rings. The SMILES string of the molecule is O=C(O)CCCCCCNC(=O)Cn1ccc2ccc(Cl)cc21. The zero-order chi connectivity index (χ0) is 16.7. The quantitative estimate of drug-likeness (QED) is 0.689. The van der Waals surface area contributed by atoms with Gasteiger partial charge in [0.1, 0.15) is 6.54 Å². The first-order valence-electron chi connectivity index (χ1n) is 7.79. The molecule has 1 heterocycles. The van der Waals surface area contributed by atoms with Gasteiger partial charge in [0.05, 0.1) is 0 Å². The van der Waals surface area contributed by atoms with E-state index in [2.05, 4.69) is 5.32 Å². The first-order chi connectivity index (χ1) is 11.1. The number of carbonyl (C=O) groups is 2. The van der Waals surface area contributed by atoms with Gasteiger partial charge in [-0.2, -0.15) is 0 Å². The van der Waals surface area contributed by atoms with Crippen molar-refractivity contribution in [3.8, 4) is 0 Å².